The summed E-state index contributed by atoms with van der Waals surface area (Å²) in [4.78, 5) is 37.3. The molecule has 0 bridgehead atoms. The lowest BCUT2D eigenvalue weighted by Crippen LogP contribution is -2.26. The number of oxazole rings is 1. The van der Waals surface area contributed by atoms with Gasteiger partial charge in [-0.25, -0.2) is 19.3 Å². The smallest absolute Gasteiger partial charge is 0.274 e. The highest BCUT2D eigenvalue weighted by Crippen LogP contribution is 2.29. The number of nitrogens with zero attached hydrogens (tertiary/aromatic N) is 4. The van der Waals surface area contributed by atoms with Crippen LogP contribution in [0.15, 0.2) is 64.3 Å². The normalized spacial score (nSPS) is 10.8. The van der Waals surface area contributed by atoms with E-state index in [1.807, 2.05) is 0 Å². The fourth-order valence-corrected chi connectivity index (χ4v) is 2.94. The van der Waals surface area contributed by atoms with E-state index in [4.69, 9.17) is 10.2 Å². The molecule has 0 spiro atoms. The quantitative estimate of drug-likeness (QED) is 0.506. The third kappa shape index (κ3) is 4.04. The van der Waals surface area contributed by atoms with Crippen LogP contribution in [0.3, 0.4) is 0 Å². The molecule has 0 aliphatic rings. The van der Waals surface area contributed by atoms with Gasteiger partial charge in [-0.3, -0.25) is 9.59 Å². The molecule has 0 radical (unpaired) electrons. The van der Waals surface area contributed by atoms with Crippen LogP contribution in [0.5, 0.6) is 0 Å². The summed E-state index contributed by atoms with van der Waals surface area (Å²) in [6, 6.07) is 9.01. The molecule has 0 atom stereocenters. The Balaban J connectivity index is 1.75. The van der Waals surface area contributed by atoms with Gasteiger partial charge in [0, 0.05) is 37.0 Å². The van der Waals surface area contributed by atoms with Crippen molar-refractivity contribution in [1.29, 1.82) is 0 Å². The maximum atomic E-state index is 13.8. The Hall–Kier alpha value is -4.34. The van der Waals surface area contributed by atoms with Gasteiger partial charge >= 0.3 is 0 Å². The van der Waals surface area contributed by atoms with Gasteiger partial charge in [0.15, 0.2) is 17.2 Å². The second-order valence-corrected chi connectivity index (χ2v) is 6.63. The molecular formula is C21H17FN6O3. The van der Waals surface area contributed by atoms with Gasteiger partial charge in [-0.05, 0) is 12.1 Å². The predicted octanol–water partition coefficient (Wildman–Crippen LogP) is 2.15. The van der Waals surface area contributed by atoms with Crippen LogP contribution in [-0.2, 0) is 13.6 Å². The number of anilines is 1. The van der Waals surface area contributed by atoms with Gasteiger partial charge in [-0.1, -0.05) is 18.2 Å². The molecule has 1 aromatic carbocycles. The van der Waals surface area contributed by atoms with Crippen molar-refractivity contribution in [2.24, 2.45) is 7.05 Å². The third-order valence-electron chi connectivity index (χ3n) is 4.53. The SMILES string of the molecule is Cn1cc(-c2nc(C(=O)NCc3ccccc3F)c(N)nc2-c2ncco2)ccc1=O. The van der Waals surface area contributed by atoms with E-state index in [1.165, 1.54) is 29.2 Å². The Morgan fingerprint density at radius 2 is 2.00 bits per heavy atom. The minimum absolute atomic E-state index is 0.0523. The molecule has 0 saturated heterocycles. The average molecular weight is 420 g/mol. The molecule has 156 valence electrons. The van der Waals surface area contributed by atoms with Crippen molar-refractivity contribution in [3.8, 4) is 22.8 Å². The number of aryl methyl sites for hydroxylation is 1. The molecule has 3 heterocycles. The summed E-state index contributed by atoms with van der Waals surface area (Å²) < 4.78 is 20.5. The van der Waals surface area contributed by atoms with Gasteiger partial charge in [-0.15, -0.1) is 0 Å². The van der Waals surface area contributed by atoms with E-state index < -0.39 is 11.7 Å². The first kappa shape index (κ1) is 20.0. The van der Waals surface area contributed by atoms with Gasteiger partial charge in [0.05, 0.1) is 6.20 Å². The van der Waals surface area contributed by atoms with Crippen LogP contribution in [0.1, 0.15) is 16.1 Å². The Labute approximate surface area is 175 Å². The van der Waals surface area contributed by atoms with E-state index in [-0.39, 0.29) is 40.9 Å². The van der Waals surface area contributed by atoms with E-state index in [0.717, 1.165) is 0 Å². The third-order valence-corrected chi connectivity index (χ3v) is 4.53. The first-order valence-electron chi connectivity index (χ1n) is 9.20. The fraction of sp³-hybridized carbons (Fsp3) is 0.0952. The van der Waals surface area contributed by atoms with Crippen LogP contribution in [0.2, 0.25) is 0 Å². The molecule has 9 nitrogen and oxygen atoms in total. The summed E-state index contributed by atoms with van der Waals surface area (Å²) in [6.45, 7) is -0.0523. The highest BCUT2D eigenvalue weighted by Gasteiger charge is 2.22. The lowest BCUT2D eigenvalue weighted by atomic mass is 10.1. The van der Waals surface area contributed by atoms with Crippen molar-refractivity contribution in [2.45, 2.75) is 6.54 Å². The Bertz CT molecular complexity index is 1320. The van der Waals surface area contributed by atoms with Gasteiger partial charge in [-0.2, -0.15) is 0 Å². The van der Waals surface area contributed by atoms with Gasteiger partial charge in [0.2, 0.25) is 11.4 Å². The number of nitrogens with two attached hydrogens (primary N) is 1. The number of carbonyl (C=O) groups is 1. The molecule has 0 aliphatic heterocycles. The molecule has 10 heteroatoms. The van der Waals surface area contributed by atoms with Crippen LogP contribution >= 0.6 is 0 Å². The van der Waals surface area contributed by atoms with Crippen LogP contribution in [0.4, 0.5) is 10.2 Å². The summed E-state index contributed by atoms with van der Waals surface area (Å²) in [5.74, 6) is -1.06. The number of hydrogen-bond donors (Lipinski definition) is 2. The summed E-state index contributed by atoms with van der Waals surface area (Å²) in [7, 11) is 1.59. The van der Waals surface area contributed by atoms with Crippen LogP contribution in [0.25, 0.3) is 22.8 Å². The molecule has 3 N–H and O–H groups in total. The zero-order chi connectivity index (χ0) is 22.0. The molecule has 0 saturated carbocycles. The first-order chi connectivity index (χ1) is 14.9. The minimum Gasteiger partial charge on any atom is -0.443 e. The second kappa shape index (κ2) is 8.19. The van der Waals surface area contributed by atoms with Crippen molar-refractivity contribution in [1.82, 2.24) is 24.8 Å². The molecule has 4 rings (SSSR count). The van der Waals surface area contributed by atoms with Crippen molar-refractivity contribution in [3.05, 3.63) is 82.5 Å². The highest BCUT2D eigenvalue weighted by atomic mass is 19.1. The van der Waals surface area contributed by atoms with Gasteiger partial charge < -0.3 is 20.0 Å². The van der Waals surface area contributed by atoms with Crippen LogP contribution < -0.4 is 16.6 Å². The second-order valence-electron chi connectivity index (χ2n) is 6.63. The molecule has 0 aliphatic carbocycles. The molecule has 1 amide bonds. The summed E-state index contributed by atoms with van der Waals surface area (Å²) in [6.07, 6.45) is 4.36. The monoisotopic (exact) mass is 420 g/mol. The first-order valence-corrected chi connectivity index (χ1v) is 9.20. The van der Waals surface area contributed by atoms with E-state index in [2.05, 4.69) is 20.3 Å². The summed E-state index contributed by atoms with van der Waals surface area (Å²) in [5.41, 5.74) is 6.93. The molecule has 0 fully saturated rings. The van der Waals surface area contributed by atoms with E-state index in [1.54, 1.807) is 37.5 Å². The topological polar surface area (TPSA) is 129 Å². The molecular weight excluding hydrogens is 403 g/mol. The summed E-state index contributed by atoms with van der Waals surface area (Å²) >= 11 is 0. The number of nitrogen functional groups attached to an aromatic ring is 1. The largest absolute Gasteiger partial charge is 0.443 e. The molecule has 3 aromatic heterocycles. The average Bonchev–Trinajstić information content (AvgIpc) is 3.29. The van der Waals surface area contributed by atoms with Gasteiger partial charge in [0.25, 0.3) is 5.91 Å². The standard InChI is InChI=1S/C21H17FN6O3/c1-28-11-13(6-7-15(28)29)16-17(21-24-8-9-31-21)27-19(23)18(26-16)20(30)25-10-12-4-2-3-5-14(12)22/h2-9,11H,10H2,1H3,(H2,23,27)(H,25,30). The van der Waals surface area contributed by atoms with Crippen LogP contribution in [0, 0.1) is 5.82 Å². The number of hydrogen-bond acceptors (Lipinski definition) is 7. The van der Waals surface area contributed by atoms with Crippen molar-refractivity contribution >= 4 is 11.7 Å². The lowest BCUT2D eigenvalue weighted by molar-refractivity contribution is 0.0946. The minimum atomic E-state index is -0.627. The molecule has 31 heavy (non-hydrogen) atoms. The number of carbonyl (C=O) groups excluding carboxylic acids is 1. The number of benzene rings is 1. The van der Waals surface area contributed by atoms with Crippen molar-refractivity contribution in [3.63, 3.8) is 0 Å². The number of pyridine rings is 1. The highest BCUT2D eigenvalue weighted by molar-refractivity contribution is 5.97. The van der Waals surface area contributed by atoms with Crippen molar-refractivity contribution in [2.75, 3.05) is 5.73 Å². The number of nitrogens with one attached hydrogen (secondary N) is 1. The fourth-order valence-electron chi connectivity index (χ4n) is 2.94. The number of halogens is 1. The Morgan fingerprint density at radius 1 is 1.19 bits per heavy atom. The Kier molecular flexibility index (Phi) is 5.27. The zero-order valence-corrected chi connectivity index (χ0v) is 16.4. The lowest BCUT2D eigenvalue weighted by Gasteiger charge is -2.12. The number of amides is 1. The van der Waals surface area contributed by atoms with E-state index in [9.17, 15) is 14.0 Å². The van der Waals surface area contributed by atoms with Crippen LogP contribution in [-0.4, -0.2) is 25.4 Å². The van der Waals surface area contributed by atoms with E-state index >= 15 is 0 Å². The maximum absolute atomic E-state index is 13.8. The van der Waals surface area contributed by atoms with E-state index in [0.29, 0.717) is 11.1 Å². The van der Waals surface area contributed by atoms with Gasteiger partial charge in [0.1, 0.15) is 17.8 Å². The maximum Gasteiger partial charge on any atom is 0.274 e. The summed E-state index contributed by atoms with van der Waals surface area (Å²) in [5, 5.41) is 2.59. The number of aromatic nitrogens is 4. The predicted molar refractivity (Wildman–Crippen MR) is 110 cm³/mol. The molecule has 4 aromatic rings. The molecule has 0 unspecified atom stereocenters. The Morgan fingerprint density at radius 3 is 2.71 bits per heavy atom. The number of rotatable bonds is 5. The van der Waals surface area contributed by atoms with Crippen molar-refractivity contribution < 1.29 is 13.6 Å². The zero-order valence-electron chi connectivity index (χ0n) is 16.4.